The maximum absolute atomic E-state index is 11.0. The van der Waals surface area contributed by atoms with Gasteiger partial charge in [0.25, 0.3) is 0 Å². The van der Waals surface area contributed by atoms with Gasteiger partial charge < -0.3 is 5.32 Å². The fourth-order valence-electron chi connectivity index (χ4n) is 2.62. The maximum Gasteiger partial charge on any atom is 0.133 e. The summed E-state index contributed by atoms with van der Waals surface area (Å²) in [5, 5.41) is 3.30. The minimum Gasteiger partial charge on any atom is -0.317 e. The second-order valence-electron chi connectivity index (χ2n) is 3.92. The number of hydrogen-bond acceptors (Lipinski definition) is 2. The van der Waals surface area contributed by atoms with E-state index in [0.717, 1.165) is 24.7 Å². The molecule has 0 heterocycles. The molecule has 0 aromatic rings. The molecule has 0 aliphatic heterocycles. The zero-order chi connectivity index (χ0) is 7.84. The van der Waals surface area contributed by atoms with E-state index in [2.05, 4.69) is 5.32 Å². The summed E-state index contributed by atoms with van der Waals surface area (Å²) in [7, 11) is 2.02. The molecule has 62 valence electrons. The Balaban J connectivity index is 1.98. The van der Waals surface area contributed by atoms with Crippen molar-refractivity contribution in [3.8, 4) is 0 Å². The highest BCUT2D eigenvalue weighted by Gasteiger charge is 2.40. The Morgan fingerprint density at radius 1 is 1.27 bits per heavy atom. The Hall–Kier alpha value is -0.370. The second kappa shape index (κ2) is 2.59. The first-order chi connectivity index (χ1) is 5.29. The Morgan fingerprint density at radius 2 is 1.82 bits per heavy atom. The van der Waals surface area contributed by atoms with E-state index < -0.39 is 0 Å². The zero-order valence-corrected chi connectivity index (χ0v) is 6.97. The molecule has 0 spiro atoms. The van der Waals surface area contributed by atoms with Crippen molar-refractivity contribution in [2.24, 2.45) is 11.8 Å². The average molecular weight is 153 g/mol. The summed E-state index contributed by atoms with van der Waals surface area (Å²) < 4.78 is 0. The van der Waals surface area contributed by atoms with Gasteiger partial charge in [-0.25, -0.2) is 0 Å². The number of rotatable bonds is 1. The molecule has 1 N–H and O–H groups in total. The van der Waals surface area contributed by atoms with Gasteiger partial charge in [-0.3, -0.25) is 4.79 Å². The molecular weight excluding hydrogens is 138 g/mol. The van der Waals surface area contributed by atoms with Crippen molar-refractivity contribution >= 4 is 5.78 Å². The fraction of sp³-hybridized carbons (Fsp3) is 0.889. The van der Waals surface area contributed by atoms with Gasteiger partial charge in [0.05, 0.1) is 0 Å². The Morgan fingerprint density at radius 3 is 2.27 bits per heavy atom. The van der Waals surface area contributed by atoms with Crippen LogP contribution in [0.1, 0.15) is 25.7 Å². The van der Waals surface area contributed by atoms with Crippen LogP contribution in [0.4, 0.5) is 0 Å². The number of fused-ring (bicyclic) bond motifs is 1. The largest absolute Gasteiger partial charge is 0.317 e. The lowest BCUT2D eigenvalue weighted by Crippen LogP contribution is -2.22. The van der Waals surface area contributed by atoms with Gasteiger partial charge in [0.1, 0.15) is 5.78 Å². The van der Waals surface area contributed by atoms with E-state index in [-0.39, 0.29) is 0 Å². The summed E-state index contributed by atoms with van der Waals surface area (Å²) in [6.07, 6.45) is 4.19. The van der Waals surface area contributed by atoms with E-state index >= 15 is 0 Å². The highest BCUT2D eigenvalue weighted by molar-refractivity contribution is 5.81. The topological polar surface area (TPSA) is 29.1 Å². The van der Waals surface area contributed by atoms with Crippen molar-refractivity contribution in [3.63, 3.8) is 0 Å². The van der Waals surface area contributed by atoms with Crippen LogP contribution >= 0.6 is 0 Å². The predicted octanol–water partition coefficient (Wildman–Crippen LogP) is 0.964. The van der Waals surface area contributed by atoms with Crippen molar-refractivity contribution in [2.45, 2.75) is 31.7 Å². The molecule has 0 aromatic heterocycles. The maximum atomic E-state index is 11.0. The smallest absolute Gasteiger partial charge is 0.133 e. The minimum absolute atomic E-state index is 0.495. The first-order valence-corrected chi connectivity index (χ1v) is 4.48. The number of hydrogen-bond donors (Lipinski definition) is 1. The molecule has 2 heteroatoms. The summed E-state index contributed by atoms with van der Waals surface area (Å²) in [5.74, 6) is 1.94. The van der Waals surface area contributed by atoms with E-state index in [9.17, 15) is 4.79 Å². The van der Waals surface area contributed by atoms with E-state index in [0.29, 0.717) is 11.8 Å². The number of carbonyl (C=O) groups excluding carboxylic acids is 1. The van der Waals surface area contributed by atoms with Crippen LogP contribution in [0.15, 0.2) is 0 Å². The van der Waals surface area contributed by atoms with E-state index in [1.165, 1.54) is 12.8 Å². The van der Waals surface area contributed by atoms with E-state index in [1.807, 2.05) is 7.05 Å². The molecule has 2 nitrogen and oxygen atoms in total. The lowest BCUT2D eigenvalue weighted by Gasteiger charge is -2.07. The zero-order valence-electron chi connectivity index (χ0n) is 6.97. The van der Waals surface area contributed by atoms with E-state index in [4.69, 9.17) is 0 Å². The number of Topliss-reactive ketones (excluding diaryl/α,β-unsaturated/α-hetero) is 1. The molecule has 11 heavy (non-hydrogen) atoms. The summed E-state index contributed by atoms with van der Waals surface area (Å²) in [5.41, 5.74) is 0. The molecule has 0 amide bonds. The molecule has 2 aliphatic rings. The number of carbonyl (C=O) groups is 1. The standard InChI is InChI=1S/C9H15NO/c1-10-8-2-6-4-9(11)5-7(6)3-8/h6-8,10H,2-5H2,1H3. The first-order valence-electron chi connectivity index (χ1n) is 4.48. The monoisotopic (exact) mass is 153 g/mol. The van der Waals surface area contributed by atoms with Crippen LogP contribution in [0.2, 0.25) is 0 Å². The lowest BCUT2D eigenvalue weighted by atomic mass is 10.0. The van der Waals surface area contributed by atoms with Crippen LogP contribution in [-0.2, 0) is 4.79 Å². The highest BCUT2D eigenvalue weighted by Crippen LogP contribution is 2.42. The SMILES string of the molecule is CNC1CC2CC(=O)CC2C1. The molecule has 0 saturated heterocycles. The quantitative estimate of drug-likeness (QED) is 0.608. The number of ketones is 1. The second-order valence-corrected chi connectivity index (χ2v) is 3.92. The minimum atomic E-state index is 0.495. The molecule has 2 unspecified atom stereocenters. The fourth-order valence-corrected chi connectivity index (χ4v) is 2.62. The van der Waals surface area contributed by atoms with Gasteiger partial charge >= 0.3 is 0 Å². The molecule has 0 radical (unpaired) electrons. The normalized spacial score (nSPS) is 43.0. The molecule has 0 aromatic carbocycles. The van der Waals surface area contributed by atoms with Crippen molar-refractivity contribution in [3.05, 3.63) is 0 Å². The highest BCUT2D eigenvalue weighted by atomic mass is 16.1. The molecular formula is C9H15NO. The van der Waals surface area contributed by atoms with Crippen molar-refractivity contribution < 1.29 is 4.79 Å². The van der Waals surface area contributed by atoms with Gasteiger partial charge in [-0.2, -0.15) is 0 Å². The Labute approximate surface area is 67.4 Å². The predicted molar refractivity (Wildman–Crippen MR) is 43.3 cm³/mol. The van der Waals surface area contributed by atoms with Crippen LogP contribution in [0.5, 0.6) is 0 Å². The van der Waals surface area contributed by atoms with Crippen LogP contribution in [0.3, 0.4) is 0 Å². The lowest BCUT2D eigenvalue weighted by molar-refractivity contribution is -0.117. The van der Waals surface area contributed by atoms with Crippen molar-refractivity contribution in [1.82, 2.24) is 5.32 Å². The van der Waals surface area contributed by atoms with Crippen LogP contribution in [0.25, 0.3) is 0 Å². The summed E-state index contributed by atoms with van der Waals surface area (Å²) >= 11 is 0. The van der Waals surface area contributed by atoms with E-state index in [1.54, 1.807) is 0 Å². The molecule has 2 atom stereocenters. The number of nitrogens with one attached hydrogen (secondary N) is 1. The summed E-state index contributed by atoms with van der Waals surface area (Å²) in [6, 6.07) is 0.693. The molecule has 2 aliphatic carbocycles. The Kier molecular flexibility index (Phi) is 1.72. The van der Waals surface area contributed by atoms with Gasteiger partial charge in [0, 0.05) is 18.9 Å². The van der Waals surface area contributed by atoms with Gasteiger partial charge in [-0.15, -0.1) is 0 Å². The van der Waals surface area contributed by atoms with Gasteiger partial charge in [0.2, 0.25) is 0 Å². The molecule has 2 fully saturated rings. The molecule has 2 saturated carbocycles. The van der Waals surface area contributed by atoms with Crippen molar-refractivity contribution in [2.75, 3.05) is 7.05 Å². The third-order valence-electron chi connectivity index (χ3n) is 3.23. The molecule has 0 bridgehead atoms. The van der Waals surface area contributed by atoms with Crippen LogP contribution in [0, 0.1) is 11.8 Å². The van der Waals surface area contributed by atoms with Gasteiger partial charge in [-0.1, -0.05) is 0 Å². The van der Waals surface area contributed by atoms with Crippen molar-refractivity contribution in [1.29, 1.82) is 0 Å². The average Bonchev–Trinajstić information content (AvgIpc) is 2.43. The third-order valence-corrected chi connectivity index (χ3v) is 3.23. The summed E-state index contributed by atoms with van der Waals surface area (Å²) in [6.45, 7) is 0. The van der Waals surface area contributed by atoms with Gasteiger partial charge in [0.15, 0.2) is 0 Å². The third kappa shape index (κ3) is 1.20. The Bertz CT molecular complexity index is 162. The van der Waals surface area contributed by atoms with Crippen LogP contribution in [-0.4, -0.2) is 18.9 Å². The van der Waals surface area contributed by atoms with Gasteiger partial charge in [-0.05, 0) is 31.7 Å². The molecule has 2 rings (SSSR count). The first kappa shape index (κ1) is 7.29. The summed E-state index contributed by atoms with van der Waals surface area (Å²) in [4.78, 5) is 11.0. The van der Waals surface area contributed by atoms with Crippen LogP contribution < -0.4 is 5.32 Å².